The van der Waals surface area contributed by atoms with Crippen molar-refractivity contribution in [1.29, 1.82) is 0 Å². The van der Waals surface area contributed by atoms with Gasteiger partial charge in [-0.05, 0) is 25.0 Å². The van der Waals surface area contributed by atoms with Gasteiger partial charge in [0, 0.05) is 12.6 Å². The number of anilines is 1. The molecule has 0 spiro atoms. The van der Waals surface area contributed by atoms with Gasteiger partial charge in [0.2, 0.25) is 5.91 Å². The van der Waals surface area contributed by atoms with Crippen LogP contribution in [0.2, 0.25) is 0 Å². The Morgan fingerprint density at radius 1 is 1.31 bits per heavy atom. The van der Waals surface area contributed by atoms with Crippen molar-refractivity contribution in [2.24, 2.45) is 0 Å². The molecule has 1 N–H and O–H groups in total. The van der Waals surface area contributed by atoms with Gasteiger partial charge in [-0.1, -0.05) is 18.2 Å². The monoisotopic (exact) mass is 187 g/mol. The molecule has 1 amide bonds. The van der Waals surface area contributed by atoms with Gasteiger partial charge in [0.15, 0.2) is 0 Å². The number of amides is 1. The zero-order valence-corrected chi connectivity index (χ0v) is 10.6. The Labute approximate surface area is 103 Å². The van der Waals surface area contributed by atoms with Crippen molar-refractivity contribution >= 4 is 11.6 Å². The molecule has 0 saturated carbocycles. The molecule has 0 bridgehead atoms. The van der Waals surface area contributed by atoms with Crippen LogP contribution >= 0.6 is 0 Å². The van der Waals surface area contributed by atoms with Crippen LogP contribution in [0.15, 0.2) is 18.2 Å². The van der Waals surface area contributed by atoms with Gasteiger partial charge in [-0.3, -0.25) is 4.79 Å². The number of benzene rings is 1. The molecule has 0 unspecified atom stereocenters. The van der Waals surface area contributed by atoms with E-state index in [0.717, 1.165) is 16.8 Å². The predicted molar refractivity (Wildman–Crippen MR) is 51.3 cm³/mol. The topological polar surface area (TPSA) is 29.1 Å². The maximum absolute atomic E-state index is 10.8. The predicted octanol–water partition coefficient (Wildman–Crippen LogP) is -0.622. The molecule has 0 atom stereocenters. The molecule has 66 valence electrons. The van der Waals surface area contributed by atoms with Gasteiger partial charge in [-0.2, -0.15) is 0 Å². The van der Waals surface area contributed by atoms with E-state index in [1.54, 1.807) is 0 Å². The van der Waals surface area contributed by atoms with Crippen LogP contribution in [0.3, 0.4) is 0 Å². The van der Waals surface area contributed by atoms with Crippen LogP contribution in [-0.2, 0) is 4.79 Å². The molecule has 0 heterocycles. The van der Waals surface area contributed by atoms with Gasteiger partial charge < -0.3 is 6.74 Å². The average molecular weight is 187 g/mol. The molecule has 0 saturated heterocycles. The molecule has 0 aliphatic rings. The summed E-state index contributed by atoms with van der Waals surface area (Å²) in [6.07, 6.45) is 0. The molecule has 0 fully saturated rings. The maximum Gasteiger partial charge on any atom is 1.00 e. The molecule has 0 aliphatic carbocycles. The summed E-state index contributed by atoms with van der Waals surface area (Å²) < 4.78 is 0. The Hall–Kier alpha value is -0.310. The first-order chi connectivity index (χ1) is 5.61. The molecule has 2 nitrogen and oxygen atoms in total. The van der Waals surface area contributed by atoms with E-state index in [4.69, 9.17) is 0 Å². The Morgan fingerprint density at radius 3 is 2.15 bits per heavy atom. The Balaban J connectivity index is 0. The van der Waals surface area contributed by atoms with Crippen molar-refractivity contribution in [1.82, 2.24) is 0 Å². The fourth-order valence-corrected chi connectivity index (χ4v) is 1.19. The van der Waals surface area contributed by atoms with E-state index in [9.17, 15) is 4.79 Å². The van der Waals surface area contributed by atoms with E-state index < -0.39 is 0 Å². The first-order valence-corrected chi connectivity index (χ1v) is 3.95. The van der Waals surface area contributed by atoms with E-state index in [2.05, 4.69) is 5.32 Å². The van der Waals surface area contributed by atoms with Crippen molar-refractivity contribution in [3.63, 3.8) is 0 Å². The quantitative estimate of drug-likeness (QED) is 0.583. The minimum Gasteiger partial charge on any atom is -1.00 e. The third-order valence-electron chi connectivity index (χ3n) is 1.78. The number of hydrogen-bond donors (Lipinski definition) is 1. The van der Waals surface area contributed by atoms with Gasteiger partial charge >= 0.3 is 29.6 Å². The van der Waals surface area contributed by atoms with Gasteiger partial charge in [0.1, 0.15) is 0 Å². The molecular weight excluding hydrogens is 173 g/mol. The maximum atomic E-state index is 10.8. The Morgan fingerprint density at radius 2 is 1.77 bits per heavy atom. The van der Waals surface area contributed by atoms with Crippen molar-refractivity contribution in [3.05, 3.63) is 29.3 Å². The van der Waals surface area contributed by atoms with Gasteiger partial charge in [-0.15, -0.1) is 0 Å². The summed E-state index contributed by atoms with van der Waals surface area (Å²) in [7, 11) is 0. The number of aryl methyl sites for hydroxylation is 2. The summed E-state index contributed by atoms with van der Waals surface area (Å²) in [5.74, 6) is -0.0209. The number of carbonyl (C=O) groups excluding carboxylic acids is 1. The normalized spacial score (nSPS) is 8.85. The number of hydrogen-bond acceptors (Lipinski definition) is 1. The van der Waals surface area contributed by atoms with Crippen molar-refractivity contribution in [2.45, 2.75) is 20.8 Å². The van der Waals surface area contributed by atoms with Crippen LogP contribution in [-0.4, -0.2) is 5.91 Å². The molecule has 0 aliphatic heterocycles. The number of carbonyl (C=O) groups is 1. The van der Waals surface area contributed by atoms with Crippen molar-refractivity contribution < 1.29 is 35.8 Å². The third-order valence-corrected chi connectivity index (χ3v) is 1.78. The van der Waals surface area contributed by atoms with Crippen LogP contribution < -0.4 is 34.9 Å². The summed E-state index contributed by atoms with van der Waals surface area (Å²) >= 11 is 0. The average Bonchev–Trinajstić information content (AvgIpc) is 1.97. The first kappa shape index (κ1) is 12.7. The molecule has 1 aromatic rings. The van der Waals surface area contributed by atoms with Gasteiger partial charge in [0.05, 0.1) is 0 Å². The summed E-state index contributed by atoms with van der Waals surface area (Å²) in [5, 5.41) is 2.80. The molecule has 13 heavy (non-hydrogen) atoms. The van der Waals surface area contributed by atoms with Gasteiger partial charge in [0.25, 0.3) is 0 Å². The zero-order valence-electron chi connectivity index (χ0n) is 9.64. The minimum atomic E-state index is -0.0209. The summed E-state index contributed by atoms with van der Waals surface area (Å²) in [5.41, 5.74) is 3.14. The second-order valence-electron chi connectivity index (χ2n) is 2.95. The summed E-state index contributed by atoms with van der Waals surface area (Å²) in [4.78, 5) is 10.8. The largest absolute Gasteiger partial charge is 1.00 e. The van der Waals surface area contributed by atoms with E-state index in [1.807, 2.05) is 32.0 Å². The smallest absolute Gasteiger partial charge is 1.00 e. The second kappa shape index (κ2) is 5.43. The summed E-state index contributed by atoms with van der Waals surface area (Å²) in [6, 6.07) is 5.95. The van der Waals surface area contributed by atoms with Crippen LogP contribution in [0.4, 0.5) is 5.69 Å². The van der Waals surface area contributed by atoms with Crippen molar-refractivity contribution in [2.75, 3.05) is 5.32 Å². The van der Waals surface area contributed by atoms with Gasteiger partial charge in [-0.25, -0.2) is 0 Å². The Kier molecular flexibility index (Phi) is 5.30. The zero-order chi connectivity index (χ0) is 9.14. The van der Waals surface area contributed by atoms with Crippen LogP contribution in [0, 0.1) is 13.8 Å². The Bertz CT molecular complexity index is 295. The third kappa shape index (κ3) is 3.51. The molecule has 1 rings (SSSR count). The summed E-state index contributed by atoms with van der Waals surface area (Å²) in [6.45, 7) is 5.49. The fourth-order valence-electron chi connectivity index (χ4n) is 1.19. The second-order valence-corrected chi connectivity index (χ2v) is 2.95. The van der Waals surface area contributed by atoms with Crippen LogP contribution in [0.1, 0.15) is 19.5 Å². The number of rotatable bonds is 1. The van der Waals surface area contributed by atoms with E-state index >= 15 is 0 Å². The van der Waals surface area contributed by atoms with E-state index in [-0.39, 0.29) is 36.9 Å². The molecule has 1 aromatic carbocycles. The van der Waals surface area contributed by atoms with Crippen molar-refractivity contribution in [3.8, 4) is 0 Å². The number of nitrogens with one attached hydrogen (secondary N) is 1. The standard InChI is InChI=1S/C10H13NO.Na.H/c1-7-5-4-6-8(2)10(7)11-9(3)12;;/h4-6H,1-3H3,(H,11,12);;/q;+1;-1. The molecule has 0 aromatic heterocycles. The minimum absolute atomic E-state index is 0. The molecule has 0 radical (unpaired) electrons. The SMILES string of the molecule is CC(=O)Nc1c(C)cccc1C.[H-].[Na+]. The van der Waals surface area contributed by atoms with Crippen LogP contribution in [0.25, 0.3) is 0 Å². The van der Waals surface area contributed by atoms with E-state index in [1.165, 1.54) is 6.92 Å². The number of para-hydroxylation sites is 1. The fraction of sp³-hybridized carbons (Fsp3) is 0.300. The molecular formula is C10H14NNaO. The molecule has 3 heteroatoms. The van der Waals surface area contributed by atoms with E-state index in [0.29, 0.717) is 0 Å². The first-order valence-electron chi connectivity index (χ1n) is 3.95. The van der Waals surface area contributed by atoms with Crippen LogP contribution in [0.5, 0.6) is 0 Å².